The molecule has 0 aliphatic heterocycles. The standard InChI is InChI=1S/C22H31N3O/c1-5-24(6-2)20-13-14-21(18(4)15-20)23-16-22(26)25(7-3)17-19-11-9-8-10-12-19/h8-15,23H,5-7,16-17H2,1-4H3. The second kappa shape index (κ2) is 9.85. The van der Waals surface area contributed by atoms with Gasteiger partial charge >= 0.3 is 0 Å². The van der Waals surface area contributed by atoms with E-state index in [9.17, 15) is 4.79 Å². The van der Waals surface area contributed by atoms with Gasteiger partial charge in [-0.25, -0.2) is 0 Å². The predicted octanol–water partition coefficient (Wildman–Crippen LogP) is 4.30. The Hall–Kier alpha value is -2.49. The lowest BCUT2D eigenvalue weighted by molar-refractivity contribution is -0.129. The number of rotatable bonds is 9. The summed E-state index contributed by atoms with van der Waals surface area (Å²) in [5.74, 6) is 0.114. The molecule has 4 heteroatoms. The average Bonchev–Trinajstić information content (AvgIpc) is 2.67. The van der Waals surface area contributed by atoms with Crippen molar-refractivity contribution < 1.29 is 4.79 Å². The number of benzene rings is 2. The first-order valence-electron chi connectivity index (χ1n) is 9.50. The summed E-state index contributed by atoms with van der Waals surface area (Å²) in [6.45, 7) is 12.1. The summed E-state index contributed by atoms with van der Waals surface area (Å²) in [6, 6.07) is 16.5. The molecule has 2 rings (SSSR count). The Kier molecular flexibility index (Phi) is 7.52. The van der Waals surface area contributed by atoms with Gasteiger partial charge in [0.2, 0.25) is 5.91 Å². The lowest BCUT2D eigenvalue weighted by Crippen LogP contribution is -2.35. The average molecular weight is 354 g/mol. The zero-order chi connectivity index (χ0) is 18.9. The summed E-state index contributed by atoms with van der Waals surface area (Å²) in [4.78, 5) is 16.8. The molecule has 0 fully saturated rings. The van der Waals surface area contributed by atoms with Crippen LogP contribution >= 0.6 is 0 Å². The van der Waals surface area contributed by atoms with Crippen LogP contribution in [0.4, 0.5) is 11.4 Å². The molecule has 2 aromatic carbocycles. The highest BCUT2D eigenvalue weighted by molar-refractivity contribution is 5.81. The maximum absolute atomic E-state index is 12.6. The lowest BCUT2D eigenvalue weighted by atomic mass is 10.1. The molecule has 0 saturated heterocycles. The molecule has 2 aromatic rings. The third kappa shape index (κ3) is 5.25. The van der Waals surface area contributed by atoms with Crippen molar-refractivity contribution in [2.24, 2.45) is 0 Å². The van der Waals surface area contributed by atoms with E-state index in [-0.39, 0.29) is 5.91 Å². The van der Waals surface area contributed by atoms with Gasteiger partial charge in [0.15, 0.2) is 0 Å². The van der Waals surface area contributed by atoms with Crippen LogP contribution < -0.4 is 10.2 Å². The smallest absolute Gasteiger partial charge is 0.242 e. The van der Waals surface area contributed by atoms with Crippen LogP contribution in [-0.4, -0.2) is 37.0 Å². The Bertz CT molecular complexity index is 696. The van der Waals surface area contributed by atoms with Gasteiger partial charge in [0.05, 0.1) is 6.54 Å². The van der Waals surface area contributed by atoms with Crippen LogP contribution in [0, 0.1) is 6.92 Å². The van der Waals surface area contributed by atoms with Crippen molar-refractivity contribution in [3.63, 3.8) is 0 Å². The van der Waals surface area contributed by atoms with E-state index in [1.165, 1.54) is 5.69 Å². The van der Waals surface area contributed by atoms with Gasteiger partial charge in [-0.15, -0.1) is 0 Å². The van der Waals surface area contributed by atoms with Gasteiger partial charge in [-0.3, -0.25) is 4.79 Å². The molecular formula is C22H31N3O. The number of hydrogen-bond acceptors (Lipinski definition) is 3. The van der Waals surface area contributed by atoms with Crippen molar-refractivity contribution in [3.05, 3.63) is 59.7 Å². The Morgan fingerprint density at radius 2 is 1.65 bits per heavy atom. The van der Waals surface area contributed by atoms with Crippen molar-refractivity contribution in [2.75, 3.05) is 36.4 Å². The first-order chi connectivity index (χ1) is 12.6. The van der Waals surface area contributed by atoms with Gasteiger partial charge in [-0.2, -0.15) is 0 Å². The molecule has 1 N–H and O–H groups in total. The van der Waals surface area contributed by atoms with Gasteiger partial charge < -0.3 is 15.1 Å². The van der Waals surface area contributed by atoms with Crippen LogP contribution in [0.25, 0.3) is 0 Å². The molecule has 0 aromatic heterocycles. The molecule has 1 amide bonds. The van der Waals surface area contributed by atoms with Gasteiger partial charge in [-0.05, 0) is 57.0 Å². The number of amides is 1. The fourth-order valence-corrected chi connectivity index (χ4v) is 3.09. The molecule has 0 saturated carbocycles. The second-order valence-corrected chi connectivity index (χ2v) is 6.42. The Labute approximate surface area is 157 Å². The fraction of sp³-hybridized carbons (Fsp3) is 0.409. The Morgan fingerprint density at radius 3 is 2.23 bits per heavy atom. The van der Waals surface area contributed by atoms with E-state index in [4.69, 9.17) is 0 Å². The highest BCUT2D eigenvalue weighted by Crippen LogP contribution is 2.22. The largest absolute Gasteiger partial charge is 0.376 e. The molecule has 0 heterocycles. The molecular weight excluding hydrogens is 322 g/mol. The number of anilines is 2. The van der Waals surface area contributed by atoms with Crippen LogP contribution in [0.5, 0.6) is 0 Å². The lowest BCUT2D eigenvalue weighted by Gasteiger charge is -2.23. The van der Waals surface area contributed by atoms with Crippen molar-refractivity contribution in [1.82, 2.24) is 4.90 Å². The van der Waals surface area contributed by atoms with E-state index in [0.29, 0.717) is 19.6 Å². The van der Waals surface area contributed by atoms with Crippen LogP contribution in [0.1, 0.15) is 31.9 Å². The number of aryl methyl sites for hydroxylation is 1. The van der Waals surface area contributed by atoms with Gasteiger partial charge in [0.25, 0.3) is 0 Å². The number of nitrogens with zero attached hydrogens (tertiary/aromatic N) is 2. The first kappa shape index (κ1) is 19.8. The molecule has 26 heavy (non-hydrogen) atoms. The molecule has 140 valence electrons. The van der Waals surface area contributed by atoms with Gasteiger partial charge in [-0.1, -0.05) is 30.3 Å². The van der Waals surface area contributed by atoms with Crippen LogP contribution in [0.2, 0.25) is 0 Å². The van der Waals surface area contributed by atoms with Crippen molar-refractivity contribution >= 4 is 17.3 Å². The molecule has 0 atom stereocenters. The van der Waals surface area contributed by atoms with E-state index in [1.54, 1.807) is 0 Å². The SMILES string of the molecule is CCN(Cc1ccccc1)C(=O)CNc1ccc(N(CC)CC)cc1C. The maximum atomic E-state index is 12.6. The minimum atomic E-state index is 0.114. The second-order valence-electron chi connectivity index (χ2n) is 6.42. The third-order valence-corrected chi connectivity index (χ3v) is 4.72. The minimum absolute atomic E-state index is 0.114. The van der Waals surface area contributed by atoms with E-state index in [0.717, 1.165) is 29.9 Å². The summed E-state index contributed by atoms with van der Waals surface area (Å²) in [7, 11) is 0. The van der Waals surface area contributed by atoms with E-state index < -0.39 is 0 Å². The van der Waals surface area contributed by atoms with Crippen molar-refractivity contribution in [3.8, 4) is 0 Å². The molecule has 0 aliphatic rings. The maximum Gasteiger partial charge on any atom is 0.242 e. The topological polar surface area (TPSA) is 35.6 Å². The van der Waals surface area contributed by atoms with Gasteiger partial charge in [0, 0.05) is 37.6 Å². The van der Waals surface area contributed by atoms with E-state index in [1.807, 2.05) is 30.0 Å². The van der Waals surface area contributed by atoms with Crippen LogP contribution in [0.3, 0.4) is 0 Å². The zero-order valence-corrected chi connectivity index (χ0v) is 16.5. The number of likely N-dealkylation sites (N-methyl/N-ethyl adjacent to an activating group) is 1. The molecule has 0 radical (unpaired) electrons. The Balaban J connectivity index is 1.97. The first-order valence-corrected chi connectivity index (χ1v) is 9.50. The van der Waals surface area contributed by atoms with E-state index >= 15 is 0 Å². The summed E-state index contributed by atoms with van der Waals surface area (Å²) in [5, 5.41) is 3.31. The summed E-state index contributed by atoms with van der Waals surface area (Å²) in [6.07, 6.45) is 0. The van der Waals surface area contributed by atoms with Crippen LogP contribution in [-0.2, 0) is 11.3 Å². The number of nitrogens with one attached hydrogen (secondary N) is 1. The number of hydrogen-bond donors (Lipinski definition) is 1. The predicted molar refractivity (Wildman–Crippen MR) is 111 cm³/mol. The number of carbonyl (C=O) groups excluding carboxylic acids is 1. The zero-order valence-electron chi connectivity index (χ0n) is 16.5. The molecule has 4 nitrogen and oxygen atoms in total. The fourth-order valence-electron chi connectivity index (χ4n) is 3.09. The molecule has 0 spiro atoms. The number of carbonyl (C=O) groups is 1. The highest BCUT2D eigenvalue weighted by atomic mass is 16.2. The summed E-state index contributed by atoms with van der Waals surface area (Å²) >= 11 is 0. The minimum Gasteiger partial charge on any atom is -0.376 e. The third-order valence-electron chi connectivity index (χ3n) is 4.72. The monoisotopic (exact) mass is 353 g/mol. The Morgan fingerprint density at radius 1 is 0.962 bits per heavy atom. The van der Waals surface area contributed by atoms with E-state index in [2.05, 4.69) is 61.3 Å². The van der Waals surface area contributed by atoms with Crippen LogP contribution in [0.15, 0.2) is 48.5 Å². The van der Waals surface area contributed by atoms with Crippen molar-refractivity contribution in [2.45, 2.75) is 34.2 Å². The summed E-state index contributed by atoms with van der Waals surface area (Å²) < 4.78 is 0. The normalized spacial score (nSPS) is 10.5. The molecule has 0 unspecified atom stereocenters. The van der Waals surface area contributed by atoms with Gasteiger partial charge in [0.1, 0.15) is 0 Å². The quantitative estimate of drug-likeness (QED) is 0.730. The summed E-state index contributed by atoms with van der Waals surface area (Å²) in [5.41, 5.74) is 4.56. The van der Waals surface area contributed by atoms with Crippen molar-refractivity contribution in [1.29, 1.82) is 0 Å². The molecule has 0 bridgehead atoms. The highest BCUT2D eigenvalue weighted by Gasteiger charge is 2.12. The molecule has 0 aliphatic carbocycles.